The number of rotatable bonds is 8. The molecular formula is C15H23ClN2O2. The van der Waals surface area contributed by atoms with E-state index in [9.17, 15) is 4.79 Å². The Morgan fingerprint density at radius 1 is 1.35 bits per heavy atom. The van der Waals surface area contributed by atoms with Crippen LogP contribution in [0.3, 0.4) is 0 Å². The van der Waals surface area contributed by atoms with E-state index in [4.69, 9.17) is 16.3 Å². The van der Waals surface area contributed by atoms with Gasteiger partial charge in [0.05, 0.1) is 12.2 Å². The van der Waals surface area contributed by atoms with Gasteiger partial charge in [0.1, 0.15) is 0 Å². The third-order valence-electron chi connectivity index (χ3n) is 2.87. The van der Waals surface area contributed by atoms with Crippen LogP contribution in [0.1, 0.15) is 30.6 Å². The van der Waals surface area contributed by atoms with Gasteiger partial charge in [0.2, 0.25) is 0 Å². The molecule has 0 aliphatic carbocycles. The summed E-state index contributed by atoms with van der Waals surface area (Å²) in [4.78, 5) is 12.1. The van der Waals surface area contributed by atoms with Gasteiger partial charge in [-0.3, -0.25) is 4.79 Å². The predicted molar refractivity (Wildman–Crippen MR) is 83.6 cm³/mol. The van der Waals surface area contributed by atoms with Crippen molar-refractivity contribution in [3.8, 4) is 0 Å². The van der Waals surface area contributed by atoms with Crippen LogP contribution in [-0.2, 0) is 4.74 Å². The van der Waals surface area contributed by atoms with Crippen LogP contribution >= 0.6 is 11.6 Å². The van der Waals surface area contributed by atoms with E-state index in [2.05, 4.69) is 24.5 Å². The number of nitrogens with one attached hydrogen (secondary N) is 2. The summed E-state index contributed by atoms with van der Waals surface area (Å²) < 4.78 is 5.45. The van der Waals surface area contributed by atoms with Gasteiger partial charge in [0.15, 0.2) is 0 Å². The van der Waals surface area contributed by atoms with Crippen molar-refractivity contribution in [2.24, 2.45) is 5.92 Å². The number of hydrogen-bond donors (Lipinski definition) is 2. The molecule has 0 heterocycles. The van der Waals surface area contributed by atoms with Gasteiger partial charge in [-0.1, -0.05) is 25.4 Å². The number of amides is 1. The zero-order valence-corrected chi connectivity index (χ0v) is 13.1. The molecule has 0 radical (unpaired) electrons. The Hall–Kier alpha value is -1.26. The summed E-state index contributed by atoms with van der Waals surface area (Å²) in [5.41, 5.74) is 1.30. The molecule has 0 spiro atoms. The molecule has 20 heavy (non-hydrogen) atoms. The van der Waals surface area contributed by atoms with E-state index in [1.165, 1.54) is 0 Å². The van der Waals surface area contributed by atoms with Crippen LogP contribution in [0, 0.1) is 5.92 Å². The first-order valence-corrected chi connectivity index (χ1v) is 7.25. The molecular weight excluding hydrogens is 276 g/mol. The molecule has 1 aromatic rings. The Morgan fingerprint density at radius 2 is 2.10 bits per heavy atom. The van der Waals surface area contributed by atoms with Crippen LogP contribution in [0.15, 0.2) is 18.2 Å². The fourth-order valence-electron chi connectivity index (χ4n) is 1.68. The Morgan fingerprint density at radius 3 is 2.75 bits per heavy atom. The van der Waals surface area contributed by atoms with Crippen LogP contribution in [0.25, 0.3) is 0 Å². The molecule has 5 heteroatoms. The number of carbonyl (C=O) groups excluding carboxylic acids is 1. The number of ether oxygens (including phenoxy) is 1. The molecule has 1 aromatic carbocycles. The molecule has 0 aromatic heterocycles. The monoisotopic (exact) mass is 298 g/mol. The predicted octanol–water partition coefficient (Wildman–Crippen LogP) is 3.17. The lowest BCUT2D eigenvalue weighted by molar-refractivity contribution is 0.0906. The van der Waals surface area contributed by atoms with Crippen LogP contribution in [0.4, 0.5) is 5.69 Å². The Bertz CT molecular complexity index is 436. The van der Waals surface area contributed by atoms with Gasteiger partial charge in [-0.25, -0.2) is 0 Å². The molecule has 0 unspecified atom stereocenters. The molecule has 0 fully saturated rings. The quantitative estimate of drug-likeness (QED) is 0.725. The van der Waals surface area contributed by atoms with Crippen molar-refractivity contribution in [2.45, 2.75) is 20.3 Å². The molecule has 1 rings (SSSR count). The number of carbonyl (C=O) groups is 1. The van der Waals surface area contributed by atoms with E-state index in [0.717, 1.165) is 18.7 Å². The van der Waals surface area contributed by atoms with E-state index in [1.807, 2.05) is 0 Å². The topological polar surface area (TPSA) is 50.4 Å². The van der Waals surface area contributed by atoms with Crippen molar-refractivity contribution >= 4 is 23.2 Å². The minimum atomic E-state index is -0.149. The van der Waals surface area contributed by atoms with Crippen LogP contribution in [-0.4, -0.2) is 32.7 Å². The Kier molecular flexibility index (Phi) is 7.41. The fraction of sp³-hybridized carbons (Fsp3) is 0.533. The summed E-state index contributed by atoms with van der Waals surface area (Å²) in [6, 6.07) is 5.19. The highest BCUT2D eigenvalue weighted by Gasteiger charge is 2.10. The summed E-state index contributed by atoms with van der Waals surface area (Å²) in [5.74, 6) is 0.485. The standard InChI is InChI=1S/C15H23ClN2O2/c1-11(2)6-8-20-9-7-18-15(19)13-10-12(16)4-5-14(13)17-3/h4-5,10-11,17H,6-9H2,1-3H3,(H,18,19). The first-order chi connectivity index (χ1) is 9.54. The smallest absolute Gasteiger partial charge is 0.253 e. The lowest BCUT2D eigenvalue weighted by Gasteiger charge is -2.11. The van der Waals surface area contributed by atoms with Crippen molar-refractivity contribution in [1.82, 2.24) is 5.32 Å². The van der Waals surface area contributed by atoms with Gasteiger partial charge in [-0.2, -0.15) is 0 Å². The number of halogens is 1. The van der Waals surface area contributed by atoms with Gasteiger partial charge < -0.3 is 15.4 Å². The maximum Gasteiger partial charge on any atom is 0.253 e. The first-order valence-electron chi connectivity index (χ1n) is 6.87. The summed E-state index contributed by atoms with van der Waals surface area (Å²) in [6.45, 7) is 6.06. The third kappa shape index (κ3) is 5.80. The van der Waals surface area contributed by atoms with E-state index < -0.39 is 0 Å². The van der Waals surface area contributed by atoms with Crippen molar-refractivity contribution < 1.29 is 9.53 Å². The lowest BCUT2D eigenvalue weighted by atomic mass is 10.1. The molecule has 0 bridgehead atoms. The largest absolute Gasteiger partial charge is 0.387 e. The number of hydrogen-bond acceptors (Lipinski definition) is 3. The Labute approximate surface area is 125 Å². The van der Waals surface area contributed by atoms with Gasteiger partial charge in [-0.15, -0.1) is 0 Å². The molecule has 0 aliphatic rings. The maximum absolute atomic E-state index is 12.1. The van der Waals surface area contributed by atoms with E-state index in [1.54, 1.807) is 25.2 Å². The minimum Gasteiger partial charge on any atom is -0.387 e. The fourth-order valence-corrected chi connectivity index (χ4v) is 1.85. The van der Waals surface area contributed by atoms with Crippen molar-refractivity contribution in [2.75, 3.05) is 32.1 Å². The highest BCUT2D eigenvalue weighted by molar-refractivity contribution is 6.31. The second-order valence-corrected chi connectivity index (χ2v) is 5.43. The first kappa shape index (κ1) is 16.8. The molecule has 1 amide bonds. The average Bonchev–Trinajstić information content (AvgIpc) is 2.42. The highest BCUT2D eigenvalue weighted by Crippen LogP contribution is 2.20. The zero-order valence-electron chi connectivity index (χ0n) is 12.3. The van der Waals surface area contributed by atoms with Gasteiger partial charge in [-0.05, 0) is 30.5 Å². The molecule has 0 aliphatic heterocycles. The maximum atomic E-state index is 12.1. The van der Waals surface area contributed by atoms with Gasteiger partial charge >= 0.3 is 0 Å². The van der Waals surface area contributed by atoms with E-state index >= 15 is 0 Å². The molecule has 0 atom stereocenters. The average molecular weight is 299 g/mol. The third-order valence-corrected chi connectivity index (χ3v) is 3.10. The summed E-state index contributed by atoms with van der Waals surface area (Å²) in [7, 11) is 1.77. The van der Waals surface area contributed by atoms with Crippen LogP contribution in [0.2, 0.25) is 5.02 Å². The zero-order chi connectivity index (χ0) is 15.0. The lowest BCUT2D eigenvalue weighted by Crippen LogP contribution is -2.28. The SMILES string of the molecule is CNc1ccc(Cl)cc1C(=O)NCCOCCC(C)C. The van der Waals surface area contributed by atoms with Gasteiger partial charge in [0.25, 0.3) is 5.91 Å². The second-order valence-electron chi connectivity index (χ2n) is 4.99. The molecule has 4 nitrogen and oxygen atoms in total. The number of anilines is 1. The van der Waals surface area contributed by atoms with E-state index in [-0.39, 0.29) is 5.91 Å². The highest BCUT2D eigenvalue weighted by atomic mass is 35.5. The Balaban J connectivity index is 2.37. The molecule has 112 valence electrons. The van der Waals surface area contributed by atoms with Gasteiger partial charge in [0, 0.05) is 30.9 Å². The van der Waals surface area contributed by atoms with Crippen molar-refractivity contribution in [3.05, 3.63) is 28.8 Å². The molecule has 0 saturated carbocycles. The molecule has 0 saturated heterocycles. The number of benzene rings is 1. The second kappa shape index (κ2) is 8.82. The summed E-state index contributed by atoms with van der Waals surface area (Å²) in [6.07, 6.45) is 1.03. The minimum absolute atomic E-state index is 0.149. The summed E-state index contributed by atoms with van der Waals surface area (Å²) >= 11 is 5.92. The van der Waals surface area contributed by atoms with Crippen molar-refractivity contribution in [1.29, 1.82) is 0 Å². The summed E-state index contributed by atoms with van der Waals surface area (Å²) in [5, 5.41) is 6.35. The van der Waals surface area contributed by atoms with Crippen LogP contribution < -0.4 is 10.6 Å². The van der Waals surface area contributed by atoms with E-state index in [0.29, 0.717) is 29.7 Å². The van der Waals surface area contributed by atoms with Crippen LogP contribution in [0.5, 0.6) is 0 Å². The molecule has 2 N–H and O–H groups in total. The van der Waals surface area contributed by atoms with Crippen molar-refractivity contribution in [3.63, 3.8) is 0 Å². The normalized spacial score (nSPS) is 10.7.